The number of pyridine rings is 1. The van der Waals surface area contributed by atoms with Gasteiger partial charge >= 0.3 is 5.97 Å². The Hall–Kier alpha value is -3.41. The average Bonchev–Trinajstić information content (AvgIpc) is 2.72. The lowest BCUT2D eigenvalue weighted by Crippen LogP contribution is -2.43. The van der Waals surface area contributed by atoms with E-state index in [0.717, 1.165) is 10.8 Å². The van der Waals surface area contributed by atoms with Gasteiger partial charge in [0.2, 0.25) is 5.88 Å². The summed E-state index contributed by atoms with van der Waals surface area (Å²) in [5, 5.41) is 4.74. The van der Waals surface area contributed by atoms with Gasteiger partial charge in [0.25, 0.3) is 5.91 Å². The molecule has 0 saturated carbocycles. The van der Waals surface area contributed by atoms with Crippen LogP contribution in [-0.2, 0) is 16.0 Å². The molecule has 0 aliphatic heterocycles. The van der Waals surface area contributed by atoms with E-state index in [9.17, 15) is 9.59 Å². The van der Waals surface area contributed by atoms with Crippen molar-refractivity contribution < 1.29 is 19.1 Å². The summed E-state index contributed by atoms with van der Waals surface area (Å²) < 4.78 is 10.1. The number of carbonyl (C=O) groups excluding carboxylic acids is 2. The Bertz CT molecular complexity index is 971. The van der Waals surface area contributed by atoms with Crippen LogP contribution in [0.25, 0.3) is 10.8 Å². The molecule has 1 atom stereocenters. The van der Waals surface area contributed by atoms with Crippen molar-refractivity contribution in [3.8, 4) is 5.88 Å². The Labute approximate surface area is 157 Å². The van der Waals surface area contributed by atoms with Crippen LogP contribution in [0.3, 0.4) is 0 Å². The predicted octanol–water partition coefficient (Wildman–Crippen LogP) is 2.76. The zero-order valence-corrected chi connectivity index (χ0v) is 15.1. The number of nitrogens with zero attached hydrogens (tertiary/aromatic N) is 1. The zero-order chi connectivity index (χ0) is 19.2. The van der Waals surface area contributed by atoms with Gasteiger partial charge in [-0.15, -0.1) is 0 Å². The first-order chi connectivity index (χ1) is 13.1. The van der Waals surface area contributed by atoms with Crippen LogP contribution in [0.5, 0.6) is 5.88 Å². The van der Waals surface area contributed by atoms with Crippen LogP contribution in [0.4, 0.5) is 0 Å². The molecule has 0 aliphatic rings. The molecule has 1 aromatic heterocycles. The molecule has 0 unspecified atom stereocenters. The van der Waals surface area contributed by atoms with Gasteiger partial charge < -0.3 is 14.8 Å². The van der Waals surface area contributed by atoms with E-state index in [1.54, 1.807) is 30.5 Å². The lowest BCUT2D eigenvalue weighted by molar-refractivity contribution is -0.142. The maximum Gasteiger partial charge on any atom is 0.328 e. The van der Waals surface area contributed by atoms with Gasteiger partial charge in [-0.1, -0.05) is 36.4 Å². The molecule has 3 rings (SSSR count). The largest absolute Gasteiger partial charge is 0.481 e. The van der Waals surface area contributed by atoms with Crippen molar-refractivity contribution in [2.75, 3.05) is 14.2 Å². The van der Waals surface area contributed by atoms with Gasteiger partial charge in [-0.3, -0.25) is 4.79 Å². The first kappa shape index (κ1) is 18.4. The molecule has 6 nitrogen and oxygen atoms in total. The molecule has 27 heavy (non-hydrogen) atoms. The summed E-state index contributed by atoms with van der Waals surface area (Å²) >= 11 is 0. The minimum atomic E-state index is -0.855. The molecule has 0 saturated heterocycles. The second-order valence-corrected chi connectivity index (χ2v) is 5.99. The van der Waals surface area contributed by atoms with Crippen LogP contribution in [0.15, 0.2) is 60.8 Å². The number of benzene rings is 2. The van der Waals surface area contributed by atoms with E-state index >= 15 is 0 Å². The third-order valence-corrected chi connectivity index (χ3v) is 4.27. The molecule has 0 spiro atoms. The number of hydrogen-bond donors (Lipinski definition) is 1. The molecule has 3 aromatic rings. The fraction of sp³-hybridized carbons (Fsp3) is 0.190. The number of esters is 1. The second-order valence-electron chi connectivity index (χ2n) is 5.99. The summed E-state index contributed by atoms with van der Waals surface area (Å²) in [6.07, 6.45) is 1.81. The number of amides is 1. The van der Waals surface area contributed by atoms with Crippen molar-refractivity contribution in [2.45, 2.75) is 12.5 Å². The van der Waals surface area contributed by atoms with Gasteiger partial charge in [0.1, 0.15) is 6.04 Å². The average molecular weight is 364 g/mol. The maximum absolute atomic E-state index is 12.7. The van der Waals surface area contributed by atoms with Crippen molar-refractivity contribution in [1.29, 1.82) is 0 Å². The van der Waals surface area contributed by atoms with Gasteiger partial charge in [0.15, 0.2) is 0 Å². The number of hydrogen-bond acceptors (Lipinski definition) is 5. The van der Waals surface area contributed by atoms with Gasteiger partial charge in [-0.2, -0.15) is 0 Å². The molecule has 0 bridgehead atoms. The molecular weight excluding hydrogens is 344 g/mol. The van der Waals surface area contributed by atoms with E-state index in [0.29, 0.717) is 17.0 Å². The molecule has 0 radical (unpaired) electrons. The van der Waals surface area contributed by atoms with Crippen molar-refractivity contribution in [2.24, 2.45) is 0 Å². The maximum atomic E-state index is 12.7. The Morgan fingerprint density at radius 3 is 2.56 bits per heavy atom. The van der Waals surface area contributed by atoms with Gasteiger partial charge in [-0.25, -0.2) is 9.78 Å². The molecule has 1 amide bonds. The first-order valence-electron chi connectivity index (χ1n) is 8.47. The summed E-state index contributed by atoms with van der Waals surface area (Å²) in [6.45, 7) is 0. The minimum absolute atomic E-state index is 0.211. The summed E-state index contributed by atoms with van der Waals surface area (Å²) in [5.41, 5.74) is 1.18. The van der Waals surface area contributed by atoms with E-state index in [-0.39, 0.29) is 12.3 Å². The number of aromatic nitrogens is 1. The second kappa shape index (κ2) is 8.31. The predicted molar refractivity (Wildman–Crippen MR) is 102 cm³/mol. The normalized spacial score (nSPS) is 11.6. The summed E-state index contributed by atoms with van der Waals surface area (Å²) in [7, 11) is 2.80. The summed E-state index contributed by atoms with van der Waals surface area (Å²) in [4.78, 5) is 29.0. The number of fused-ring (bicyclic) bond motifs is 1. The Morgan fingerprint density at radius 2 is 1.81 bits per heavy atom. The van der Waals surface area contributed by atoms with E-state index in [1.165, 1.54) is 14.2 Å². The van der Waals surface area contributed by atoms with Gasteiger partial charge in [0, 0.05) is 23.7 Å². The standard InChI is InChI=1S/C21H20N2O4/c1-26-20-17(8-5-11-22-20)13-18(21(25)27-2)23-19(24)16-10-9-14-6-3-4-7-15(14)12-16/h3-12,18H,13H2,1-2H3,(H,23,24)/t18-/m0/s1. The van der Waals surface area contributed by atoms with Crippen molar-refractivity contribution in [3.63, 3.8) is 0 Å². The van der Waals surface area contributed by atoms with Crippen LogP contribution in [0.2, 0.25) is 0 Å². The van der Waals surface area contributed by atoms with E-state index in [4.69, 9.17) is 9.47 Å². The highest BCUT2D eigenvalue weighted by Gasteiger charge is 2.24. The molecule has 0 fully saturated rings. The minimum Gasteiger partial charge on any atom is -0.481 e. The van der Waals surface area contributed by atoms with Crippen LogP contribution in [-0.4, -0.2) is 37.1 Å². The highest BCUT2D eigenvalue weighted by atomic mass is 16.5. The third kappa shape index (κ3) is 4.23. The van der Waals surface area contributed by atoms with Crippen molar-refractivity contribution in [3.05, 3.63) is 71.9 Å². The van der Waals surface area contributed by atoms with Gasteiger partial charge in [-0.05, 0) is 29.0 Å². The number of ether oxygens (including phenoxy) is 2. The van der Waals surface area contributed by atoms with E-state index < -0.39 is 12.0 Å². The molecule has 0 aliphatic carbocycles. The number of carbonyl (C=O) groups is 2. The van der Waals surface area contributed by atoms with Crippen LogP contribution < -0.4 is 10.1 Å². The topological polar surface area (TPSA) is 77.5 Å². The SMILES string of the molecule is COC(=O)[C@H](Cc1cccnc1OC)NC(=O)c1ccc2ccccc2c1. The highest BCUT2D eigenvalue weighted by Crippen LogP contribution is 2.18. The van der Waals surface area contributed by atoms with E-state index in [1.807, 2.05) is 30.3 Å². The monoisotopic (exact) mass is 364 g/mol. The van der Waals surface area contributed by atoms with Crippen molar-refractivity contribution >= 4 is 22.6 Å². The molecule has 6 heteroatoms. The van der Waals surface area contributed by atoms with Crippen molar-refractivity contribution in [1.82, 2.24) is 10.3 Å². The van der Waals surface area contributed by atoms with E-state index in [2.05, 4.69) is 10.3 Å². The lowest BCUT2D eigenvalue weighted by Gasteiger charge is -2.17. The van der Waals surface area contributed by atoms with Crippen LogP contribution in [0, 0.1) is 0 Å². The molecule has 2 aromatic carbocycles. The highest BCUT2D eigenvalue weighted by molar-refractivity contribution is 6.00. The van der Waals surface area contributed by atoms with Crippen LogP contribution >= 0.6 is 0 Å². The molecule has 1 N–H and O–H groups in total. The van der Waals surface area contributed by atoms with Crippen LogP contribution in [0.1, 0.15) is 15.9 Å². The third-order valence-electron chi connectivity index (χ3n) is 4.27. The van der Waals surface area contributed by atoms with Gasteiger partial charge in [0.05, 0.1) is 14.2 Å². The Balaban J connectivity index is 1.82. The molecule has 1 heterocycles. The molecule has 138 valence electrons. The Morgan fingerprint density at radius 1 is 1.04 bits per heavy atom. The summed E-state index contributed by atoms with van der Waals surface area (Å²) in [5.74, 6) is -0.472. The lowest BCUT2D eigenvalue weighted by atomic mass is 10.0. The summed E-state index contributed by atoms with van der Waals surface area (Å²) in [6, 6.07) is 15.9. The number of nitrogens with one attached hydrogen (secondary N) is 1. The zero-order valence-electron chi connectivity index (χ0n) is 15.1. The smallest absolute Gasteiger partial charge is 0.328 e. The fourth-order valence-electron chi connectivity index (χ4n) is 2.89. The quantitative estimate of drug-likeness (QED) is 0.681. The Kier molecular flexibility index (Phi) is 5.66. The first-order valence-corrected chi connectivity index (χ1v) is 8.47. The number of rotatable bonds is 6. The number of methoxy groups -OCH3 is 2. The fourth-order valence-corrected chi connectivity index (χ4v) is 2.89. The molecular formula is C21H20N2O4.